The van der Waals surface area contributed by atoms with Crippen LogP contribution in [0, 0.1) is 0 Å². The molecular weight excluding hydrogens is 360 g/mol. The van der Waals surface area contributed by atoms with Crippen molar-refractivity contribution in [3.8, 4) is 0 Å². The first-order chi connectivity index (χ1) is 12.8. The summed E-state index contributed by atoms with van der Waals surface area (Å²) in [4.78, 5) is 12.3. The lowest BCUT2D eigenvalue weighted by Gasteiger charge is -2.16. The molecule has 0 aliphatic carbocycles. The normalized spacial score (nSPS) is 12.9. The minimum Gasteiger partial charge on any atom is -0.744 e. The van der Waals surface area contributed by atoms with Crippen LogP contribution in [0.3, 0.4) is 0 Å². The van der Waals surface area contributed by atoms with E-state index in [0.717, 1.165) is 22.8 Å². The van der Waals surface area contributed by atoms with Crippen LogP contribution in [0.2, 0.25) is 0 Å². The quantitative estimate of drug-likeness (QED) is 0.459. The van der Waals surface area contributed by atoms with Gasteiger partial charge in [-0.2, -0.15) is 0 Å². The molecule has 5 heteroatoms. The summed E-state index contributed by atoms with van der Waals surface area (Å²) in [6.45, 7) is 4.30. The number of hydrogen-bond donors (Lipinski definition) is 0. The van der Waals surface area contributed by atoms with Crippen LogP contribution >= 0.6 is 0 Å². The fourth-order valence-corrected chi connectivity index (χ4v) is 4.07. The molecule has 0 N–H and O–H groups in total. The molecule has 0 saturated heterocycles. The Balaban J connectivity index is 2.05. The van der Waals surface area contributed by atoms with E-state index in [4.69, 9.17) is 0 Å². The van der Waals surface area contributed by atoms with Crippen LogP contribution in [0.5, 0.6) is 0 Å². The summed E-state index contributed by atoms with van der Waals surface area (Å²) in [6.07, 6.45) is 1.05. The van der Waals surface area contributed by atoms with Gasteiger partial charge >= 0.3 is 0 Å². The van der Waals surface area contributed by atoms with Crippen LogP contribution in [0.1, 0.15) is 47.7 Å². The number of fused-ring (bicyclic) bond motifs is 1. The lowest BCUT2D eigenvalue weighted by Crippen LogP contribution is -2.11. The van der Waals surface area contributed by atoms with Crippen LogP contribution in [0.25, 0.3) is 10.8 Å². The molecule has 3 rings (SSSR count). The van der Waals surface area contributed by atoms with Crippen molar-refractivity contribution in [3.63, 3.8) is 0 Å². The van der Waals surface area contributed by atoms with Gasteiger partial charge in [0.2, 0.25) is 0 Å². The number of Topliss-reactive ketones (excluding diaryl/α,β-unsaturated/α-hetero) is 1. The highest BCUT2D eigenvalue weighted by atomic mass is 32.2. The standard InChI is InChI=1S/C22H22O4S/c1-3-15(2)17-13-12-16(18-8-4-5-9-19(17)18)14-21(23)20-10-6-7-11-22(20)27(24,25)26/h4-13,15H,3,14H2,1-2H3,(H,24,25,26)/p-1. The zero-order chi connectivity index (χ0) is 19.6. The van der Waals surface area contributed by atoms with E-state index < -0.39 is 15.0 Å². The predicted octanol–water partition coefficient (Wildman–Crippen LogP) is 4.68. The predicted molar refractivity (Wildman–Crippen MR) is 105 cm³/mol. The molecule has 1 unspecified atom stereocenters. The Bertz CT molecular complexity index is 1100. The first-order valence-corrected chi connectivity index (χ1v) is 10.3. The van der Waals surface area contributed by atoms with Gasteiger partial charge in [0.05, 0.1) is 4.90 Å². The van der Waals surface area contributed by atoms with Crippen LogP contribution < -0.4 is 0 Å². The van der Waals surface area contributed by atoms with Crippen molar-refractivity contribution in [2.24, 2.45) is 0 Å². The van der Waals surface area contributed by atoms with Gasteiger partial charge in [0.25, 0.3) is 0 Å². The lowest BCUT2D eigenvalue weighted by atomic mass is 9.89. The van der Waals surface area contributed by atoms with Crippen molar-refractivity contribution in [3.05, 3.63) is 77.4 Å². The highest BCUT2D eigenvalue weighted by Crippen LogP contribution is 2.30. The average molecular weight is 381 g/mol. The smallest absolute Gasteiger partial charge is 0.168 e. The van der Waals surface area contributed by atoms with E-state index in [2.05, 4.69) is 13.8 Å². The van der Waals surface area contributed by atoms with Gasteiger partial charge in [0, 0.05) is 12.0 Å². The topological polar surface area (TPSA) is 74.3 Å². The van der Waals surface area contributed by atoms with Crippen molar-refractivity contribution >= 4 is 26.7 Å². The Hall–Kier alpha value is -2.50. The molecule has 4 nitrogen and oxygen atoms in total. The number of carbonyl (C=O) groups is 1. The highest BCUT2D eigenvalue weighted by molar-refractivity contribution is 7.85. The van der Waals surface area contributed by atoms with Gasteiger partial charge in [0.15, 0.2) is 5.78 Å². The fourth-order valence-electron chi connectivity index (χ4n) is 3.37. The molecular formula is C22H21O4S-. The van der Waals surface area contributed by atoms with E-state index in [1.54, 1.807) is 6.07 Å². The summed E-state index contributed by atoms with van der Waals surface area (Å²) < 4.78 is 34.4. The van der Waals surface area contributed by atoms with Crippen LogP contribution in [-0.2, 0) is 16.5 Å². The van der Waals surface area contributed by atoms with Crippen LogP contribution in [-0.4, -0.2) is 18.8 Å². The summed E-state index contributed by atoms with van der Waals surface area (Å²) >= 11 is 0. The Morgan fingerprint density at radius 2 is 1.59 bits per heavy atom. The second-order valence-corrected chi connectivity index (χ2v) is 8.07. The molecule has 0 bridgehead atoms. The molecule has 0 heterocycles. The van der Waals surface area contributed by atoms with Gasteiger partial charge in [0.1, 0.15) is 10.1 Å². The largest absolute Gasteiger partial charge is 0.744 e. The maximum atomic E-state index is 12.8. The number of benzene rings is 3. The molecule has 0 aromatic heterocycles. The minimum atomic E-state index is -4.71. The zero-order valence-electron chi connectivity index (χ0n) is 15.3. The van der Waals surface area contributed by atoms with Gasteiger partial charge < -0.3 is 4.55 Å². The Kier molecular flexibility index (Phi) is 5.44. The third kappa shape index (κ3) is 3.94. The van der Waals surface area contributed by atoms with Crippen LogP contribution in [0.4, 0.5) is 0 Å². The van der Waals surface area contributed by atoms with E-state index in [9.17, 15) is 17.8 Å². The molecule has 3 aromatic carbocycles. The third-order valence-electron chi connectivity index (χ3n) is 5.00. The molecule has 0 spiro atoms. The van der Waals surface area contributed by atoms with Gasteiger partial charge in [-0.25, -0.2) is 8.42 Å². The SMILES string of the molecule is CCC(C)c1ccc(CC(=O)c2ccccc2S(=O)(=O)[O-])c2ccccc12. The summed E-state index contributed by atoms with van der Waals surface area (Å²) in [6, 6.07) is 17.4. The molecule has 1 atom stereocenters. The average Bonchev–Trinajstić information content (AvgIpc) is 2.67. The Morgan fingerprint density at radius 1 is 0.963 bits per heavy atom. The molecule has 0 radical (unpaired) electrons. The molecule has 27 heavy (non-hydrogen) atoms. The summed E-state index contributed by atoms with van der Waals surface area (Å²) in [7, 11) is -4.71. The molecule has 3 aromatic rings. The Morgan fingerprint density at radius 3 is 2.26 bits per heavy atom. The maximum Gasteiger partial charge on any atom is 0.168 e. The van der Waals surface area contributed by atoms with Gasteiger partial charge in [-0.15, -0.1) is 0 Å². The van der Waals surface area contributed by atoms with Crippen molar-refractivity contribution in [1.82, 2.24) is 0 Å². The van der Waals surface area contributed by atoms with E-state index in [1.165, 1.54) is 23.8 Å². The maximum absolute atomic E-state index is 12.8. The van der Waals surface area contributed by atoms with Crippen LogP contribution in [0.15, 0.2) is 65.6 Å². The number of carbonyl (C=O) groups excluding carboxylic acids is 1. The number of hydrogen-bond acceptors (Lipinski definition) is 4. The molecule has 0 saturated carbocycles. The summed E-state index contributed by atoms with van der Waals surface area (Å²) in [5.74, 6) is 0.0115. The summed E-state index contributed by atoms with van der Waals surface area (Å²) in [5, 5.41) is 2.08. The molecule has 0 aliphatic rings. The molecule has 140 valence electrons. The van der Waals surface area contributed by atoms with E-state index in [0.29, 0.717) is 5.92 Å². The van der Waals surface area contributed by atoms with Gasteiger partial charge in [-0.05, 0) is 40.3 Å². The van der Waals surface area contributed by atoms with Crippen molar-refractivity contribution in [1.29, 1.82) is 0 Å². The first kappa shape index (κ1) is 19.3. The first-order valence-electron chi connectivity index (χ1n) is 8.91. The van der Waals surface area contributed by atoms with E-state index >= 15 is 0 Å². The Labute approximate surface area is 159 Å². The monoisotopic (exact) mass is 381 g/mol. The molecule has 0 aliphatic heterocycles. The second-order valence-electron chi connectivity index (χ2n) is 6.72. The fraction of sp³-hybridized carbons (Fsp3) is 0.227. The van der Waals surface area contributed by atoms with E-state index in [-0.39, 0.29) is 17.8 Å². The molecule has 0 fully saturated rings. The lowest BCUT2D eigenvalue weighted by molar-refractivity contribution is 0.0989. The second kappa shape index (κ2) is 7.62. The zero-order valence-corrected chi connectivity index (χ0v) is 16.1. The third-order valence-corrected chi connectivity index (χ3v) is 5.89. The van der Waals surface area contributed by atoms with Crippen molar-refractivity contribution in [2.45, 2.75) is 37.5 Å². The molecule has 0 amide bonds. The van der Waals surface area contributed by atoms with Crippen molar-refractivity contribution in [2.75, 3.05) is 0 Å². The number of rotatable bonds is 6. The van der Waals surface area contributed by atoms with Crippen molar-refractivity contribution < 1.29 is 17.8 Å². The van der Waals surface area contributed by atoms with Gasteiger partial charge in [-0.3, -0.25) is 4.79 Å². The minimum absolute atomic E-state index is 0.0355. The van der Waals surface area contributed by atoms with E-state index in [1.807, 2.05) is 36.4 Å². The highest BCUT2D eigenvalue weighted by Gasteiger charge is 2.17. The van der Waals surface area contributed by atoms with Gasteiger partial charge in [-0.1, -0.05) is 68.4 Å². The summed E-state index contributed by atoms with van der Waals surface area (Å²) in [5.41, 5.74) is 2.00. The number of ketones is 1.